The monoisotopic (exact) mass is 438 g/mol. The molecule has 160 valence electrons. The maximum Gasteiger partial charge on any atom is 0.252 e. The van der Waals surface area contributed by atoms with Crippen molar-refractivity contribution in [2.75, 3.05) is 18.0 Å². The number of halogens is 1. The Morgan fingerprint density at radius 2 is 2.06 bits per heavy atom. The maximum atomic E-state index is 14.8. The summed E-state index contributed by atoms with van der Waals surface area (Å²) < 4.78 is 14.8. The molecule has 1 N–H and O–H groups in total. The largest absolute Gasteiger partial charge is 0.352 e. The fourth-order valence-electron chi connectivity index (χ4n) is 3.31. The van der Waals surface area contributed by atoms with Crippen LogP contribution in [0.3, 0.4) is 0 Å². The molecule has 2 heterocycles. The second-order valence-corrected chi connectivity index (χ2v) is 8.62. The van der Waals surface area contributed by atoms with E-state index in [4.69, 9.17) is 0 Å². The normalized spacial score (nSPS) is 13.1. The molecular formula is C23H23FN4O2S. The fraction of sp³-hybridized carbons (Fsp3) is 0.304. The second kappa shape index (κ2) is 9.34. The van der Waals surface area contributed by atoms with Gasteiger partial charge in [0.15, 0.2) is 0 Å². The molecule has 0 aliphatic heterocycles. The number of hydrogen-bond acceptors (Lipinski definition) is 5. The van der Waals surface area contributed by atoms with Gasteiger partial charge in [-0.3, -0.25) is 19.6 Å². The molecule has 0 spiro atoms. The van der Waals surface area contributed by atoms with Crippen molar-refractivity contribution in [1.82, 2.24) is 15.3 Å². The number of amides is 2. The molecule has 1 saturated carbocycles. The predicted molar refractivity (Wildman–Crippen MR) is 119 cm³/mol. The van der Waals surface area contributed by atoms with E-state index in [-0.39, 0.29) is 11.8 Å². The summed E-state index contributed by atoms with van der Waals surface area (Å²) in [6.07, 6.45) is 6.17. The highest BCUT2D eigenvalue weighted by molar-refractivity contribution is 7.09. The number of nitrogens with one attached hydrogen (secondary N) is 1. The van der Waals surface area contributed by atoms with Crippen molar-refractivity contribution in [3.8, 4) is 11.3 Å². The molecule has 2 amide bonds. The highest BCUT2D eigenvalue weighted by atomic mass is 32.1. The number of benzene rings is 1. The van der Waals surface area contributed by atoms with Gasteiger partial charge in [-0.25, -0.2) is 4.39 Å². The number of aromatic nitrogens is 2. The van der Waals surface area contributed by atoms with E-state index in [9.17, 15) is 14.0 Å². The Labute approximate surface area is 184 Å². The topological polar surface area (TPSA) is 75.2 Å². The first-order valence-corrected chi connectivity index (χ1v) is 11.1. The molecule has 1 aliphatic carbocycles. The number of rotatable bonds is 8. The molecule has 6 nitrogen and oxygen atoms in total. The number of hydrogen-bond donors (Lipinski definition) is 1. The first kappa shape index (κ1) is 21.1. The van der Waals surface area contributed by atoms with E-state index < -0.39 is 5.82 Å². The minimum absolute atomic E-state index is 0.164. The smallest absolute Gasteiger partial charge is 0.252 e. The summed E-state index contributed by atoms with van der Waals surface area (Å²) in [5.41, 5.74) is 3.65. The summed E-state index contributed by atoms with van der Waals surface area (Å²) in [6, 6.07) is 8.12. The van der Waals surface area contributed by atoms with Crippen LogP contribution in [0, 0.1) is 11.7 Å². The van der Waals surface area contributed by atoms with Crippen molar-refractivity contribution >= 4 is 28.8 Å². The lowest BCUT2D eigenvalue weighted by atomic mass is 10.1. The molecule has 31 heavy (non-hydrogen) atoms. The van der Waals surface area contributed by atoms with Gasteiger partial charge >= 0.3 is 0 Å². The molecule has 0 saturated heterocycles. The molecule has 8 heteroatoms. The van der Waals surface area contributed by atoms with Gasteiger partial charge in [0.25, 0.3) is 5.91 Å². The Balaban J connectivity index is 1.41. The molecule has 1 aromatic carbocycles. The zero-order chi connectivity index (χ0) is 21.8. The Morgan fingerprint density at radius 1 is 1.23 bits per heavy atom. The molecule has 1 aliphatic rings. The number of thiazole rings is 1. The van der Waals surface area contributed by atoms with Crippen LogP contribution >= 0.6 is 11.3 Å². The van der Waals surface area contributed by atoms with Gasteiger partial charge in [-0.2, -0.15) is 0 Å². The second-order valence-electron chi connectivity index (χ2n) is 7.64. The molecule has 2 aromatic heterocycles. The molecule has 0 bridgehead atoms. The molecule has 3 aromatic rings. The third-order valence-corrected chi connectivity index (χ3v) is 6.06. The van der Waals surface area contributed by atoms with E-state index in [1.807, 2.05) is 0 Å². The van der Waals surface area contributed by atoms with Gasteiger partial charge in [-0.15, -0.1) is 11.3 Å². The SMILES string of the molecule is CC(=O)N(CC1CC1)c1ccc(-c2ccc(C(=O)NCCc3cncs3)cn2)cc1F. The first-order valence-electron chi connectivity index (χ1n) is 10.2. The molecular weight excluding hydrogens is 415 g/mol. The van der Waals surface area contributed by atoms with Crippen molar-refractivity contribution < 1.29 is 14.0 Å². The van der Waals surface area contributed by atoms with Crippen molar-refractivity contribution in [3.05, 3.63) is 64.5 Å². The quantitative estimate of drug-likeness (QED) is 0.575. The lowest BCUT2D eigenvalue weighted by Gasteiger charge is -2.22. The highest BCUT2D eigenvalue weighted by Gasteiger charge is 2.27. The predicted octanol–water partition coefficient (Wildman–Crippen LogP) is 4.08. The average Bonchev–Trinajstić information content (AvgIpc) is 3.44. The van der Waals surface area contributed by atoms with Crippen LogP contribution in [-0.4, -0.2) is 34.9 Å². The number of anilines is 1. The molecule has 1 fully saturated rings. The van der Waals surface area contributed by atoms with E-state index in [2.05, 4.69) is 15.3 Å². The Morgan fingerprint density at radius 3 is 2.68 bits per heavy atom. The minimum atomic E-state index is -0.458. The van der Waals surface area contributed by atoms with Gasteiger partial charge in [0, 0.05) is 49.3 Å². The Hall–Kier alpha value is -3.13. The molecule has 0 atom stereocenters. The number of pyridine rings is 1. The highest BCUT2D eigenvalue weighted by Crippen LogP contribution is 2.33. The van der Waals surface area contributed by atoms with Crippen molar-refractivity contribution in [2.24, 2.45) is 5.92 Å². The maximum absolute atomic E-state index is 14.8. The summed E-state index contributed by atoms with van der Waals surface area (Å²) >= 11 is 1.55. The summed E-state index contributed by atoms with van der Waals surface area (Å²) in [6.45, 7) is 2.53. The third-order valence-electron chi connectivity index (χ3n) is 5.22. The van der Waals surface area contributed by atoms with Crippen LogP contribution in [0.25, 0.3) is 11.3 Å². The van der Waals surface area contributed by atoms with Crippen LogP contribution in [0.1, 0.15) is 35.0 Å². The zero-order valence-electron chi connectivity index (χ0n) is 17.2. The molecule has 0 unspecified atom stereocenters. The lowest BCUT2D eigenvalue weighted by Crippen LogP contribution is -2.31. The fourth-order valence-corrected chi connectivity index (χ4v) is 3.90. The van der Waals surface area contributed by atoms with Crippen LogP contribution in [0.4, 0.5) is 10.1 Å². The van der Waals surface area contributed by atoms with Gasteiger partial charge in [-0.05, 0) is 43.0 Å². The summed E-state index contributed by atoms with van der Waals surface area (Å²) in [7, 11) is 0. The van der Waals surface area contributed by atoms with Crippen LogP contribution < -0.4 is 10.2 Å². The van der Waals surface area contributed by atoms with Crippen molar-refractivity contribution in [2.45, 2.75) is 26.2 Å². The summed E-state index contributed by atoms with van der Waals surface area (Å²) in [4.78, 5) is 35.2. The van der Waals surface area contributed by atoms with Crippen molar-refractivity contribution in [3.63, 3.8) is 0 Å². The first-order chi connectivity index (χ1) is 15.0. The summed E-state index contributed by atoms with van der Waals surface area (Å²) in [5, 5.41) is 2.86. The number of nitrogens with zero attached hydrogens (tertiary/aromatic N) is 3. The Kier molecular flexibility index (Phi) is 6.36. The van der Waals surface area contributed by atoms with Gasteiger partial charge in [0.05, 0.1) is 22.5 Å². The van der Waals surface area contributed by atoms with E-state index in [1.165, 1.54) is 24.1 Å². The molecule has 4 rings (SSSR count). The van der Waals surface area contributed by atoms with Gasteiger partial charge in [0.2, 0.25) is 5.91 Å². The number of carbonyl (C=O) groups excluding carboxylic acids is 2. The third kappa shape index (κ3) is 5.32. The van der Waals surface area contributed by atoms with Crippen molar-refractivity contribution in [1.29, 1.82) is 0 Å². The van der Waals surface area contributed by atoms with E-state index in [0.29, 0.717) is 41.5 Å². The van der Waals surface area contributed by atoms with E-state index in [1.54, 1.807) is 47.3 Å². The van der Waals surface area contributed by atoms with E-state index in [0.717, 1.165) is 24.1 Å². The van der Waals surface area contributed by atoms with Gasteiger partial charge in [0.1, 0.15) is 5.82 Å². The minimum Gasteiger partial charge on any atom is -0.352 e. The van der Waals surface area contributed by atoms with Gasteiger partial charge in [-0.1, -0.05) is 6.07 Å². The standard InChI is InChI=1S/C23H23FN4O2S/c1-15(29)28(13-16-2-3-16)22-7-5-17(10-20(22)24)21-6-4-18(11-27-21)23(30)26-9-8-19-12-25-14-31-19/h4-7,10-12,14,16H,2-3,8-9,13H2,1H3,(H,26,30). The lowest BCUT2D eigenvalue weighted by molar-refractivity contribution is -0.116. The summed E-state index contributed by atoms with van der Waals surface area (Å²) in [5.74, 6) is -0.366. The number of carbonyl (C=O) groups is 2. The van der Waals surface area contributed by atoms with Crippen LogP contribution in [0.5, 0.6) is 0 Å². The van der Waals surface area contributed by atoms with E-state index >= 15 is 0 Å². The van der Waals surface area contributed by atoms with Crippen LogP contribution in [-0.2, 0) is 11.2 Å². The van der Waals surface area contributed by atoms with Gasteiger partial charge < -0.3 is 10.2 Å². The zero-order valence-corrected chi connectivity index (χ0v) is 18.0. The van der Waals surface area contributed by atoms with Crippen LogP contribution in [0.15, 0.2) is 48.2 Å². The van der Waals surface area contributed by atoms with Crippen LogP contribution in [0.2, 0.25) is 0 Å². The molecule has 0 radical (unpaired) electrons. The Bertz CT molecular complexity index is 1070. The average molecular weight is 439 g/mol.